The smallest absolute Gasteiger partial charge is 0.393 e. The van der Waals surface area contributed by atoms with Gasteiger partial charge in [0, 0.05) is 19.8 Å². The number of benzene rings is 3. The fourth-order valence-corrected chi connectivity index (χ4v) is 18.2. The third-order valence-corrected chi connectivity index (χ3v) is 18.1. The van der Waals surface area contributed by atoms with Crippen LogP contribution in [0.5, 0.6) is 0 Å². The Morgan fingerprint density at radius 2 is 0.828 bits per heavy atom. The summed E-state index contributed by atoms with van der Waals surface area (Å²) in [5, 5.41) is 3.49. The molecule has 29 heavy (non-hydrogen) atoms. The molecule has 0 N–H and O–H groups in total. The van der Waals surface area contributed by atoms with Crippen LogP contribution in [0.1, 0.15) is 20.8 Å². The van der Waals surface area contributed by atoms with Gasteiger partial charge >= 0.3 is 15.9 Å². The normalized spacial score (nSPS) is 12.1. The van der Waals surface area contributed by atoms with Crippen LogP contribution in [0.15, 0.2) is 91.0 Å². The van der Waals surface area contributed by atoms with Crippen molar-refractivity contribution in [2.24, 2.45) is 0 Å². The molecule has 5 heteroatoms. The molecule has 3 nitrogen and oxygen atoms in total. The molecule has 0 heterocycles. The summed E-state index contributed by atoms with van der Waals surface area (Å²) in [6.07, 6.45) is 0. The zero-order chi connectivity index (χ0) is 20.6. The molecule has 152 valence electrons. The minimum atomic E-state index is -3.04. The first-order valence-corrected chi connectivity index (χ1v) is 15.1. The van der Waals surface area contributed by atoms with Crippen LogP contribution in [-0.2, 0) is 13.3 Å². The minimum Gasteiger partial charge on any atom is -0.406 e. The van der Waals surface area contributed by atoms with E-state index < -0.39 is 15.9 Å². The van der Waals surface area contributed by atoms with E-state index in [9.17, 15) is 0 Å². The van der Waals surface area contributed by atoms with E-state index in [4.69, 9.17) is 13.3 Å². The fourth-order valence-electron chi connectivity index (χ4n) is 4.05. The van der Waals surface area contributed by atoms with Gasteiger partial charge in [-0.2, -0.15) is 0 Å². The van der Waals surface area contributed by atoms with Crippen molar-refractivity contribution in [2.45, 2.75) is 20.8 Å². The molecule has 3 aromatic rings. The van der Waals surface area contributed by atoms with Gasteiger partial charge in [0.1, 0.15) is 0 Å². The molecular formula is C24H30O3Si2. The van der Waals surface area contributed by atoms with Crippen molar-refractivity contribution < 1.29 is 13.3 Å². The van der Waals surface area contributed by atoms with E-state index in [0.29, 0.717) is 19.8 Å². The molecule has 0 unspecified atom stereocenters. The van der Waals surface area contributed by atoms with Crippen LogP contribution in [-0.4, -0.2) is 35.7 Å². The van der Waals surface area contributed by atoms with Crippen molar-refractivity contribution >= 4 is 31.5 Å². The summed E-state index contributed by atoms with van der Waals surface area (Å²) in [4.78, 5) is 0. The summed E-state index contributed by atoms with van der Waals surface area (Å²) in [7, 11) is -5.95. The van der Waals surface area contributed by atoms with Crippen molar-refractivity contribution in [1.82, 2.24) is 0 Å². The number of hydrogen-bond donors (Lipinski definition) is 0. The topological polar surface area (TPSA) is 27.7 Å². The second kappa shape index (κ2) is 10.1. The molecule has 0 aliphatic heterocycles. The molecule has 3 aromatic carbocycles. The largest absolute Gasteiger partial charge is 0.406 e. The van der Waals surface area contributed by atoms with Crippen LogP contribution in [0.2, 0.25) is 0 Å². The Morgan fingerprint density at radius 3 is 1.17 bits per heavy atom. The first-order valence-electron chi connectivity index (χ1n) is 10.3. The van der Waals surface area contributed by atoms with Crippen LogP contribution in [0.3, 0.4) is 0 Å². The summed E-state index contributed by atoms with van der Waals surface area (Å²) >= 11 is 0. The van der Waals surface area contributed by atoms with Gasteiger partial charge in [-0.25, -0.2) is 0 Å². The van der Waals surface area contributed by atoms with Crippen molar-refractivity contribution in [3.8, 4) is 0 Å². The maximum Gasteiger partial charge on any atom is 0.393 e. The van der Waals surface area contributed by atoms with E-state index in [1.54, 1.807) is 0 Å². The van der Waals surface area contributed by atoms with Gasteiger partial charge in [-0.1, -0.05) is 91.0 Å². The van der Waals surface area contributed by atoms with Crippen LogP contribution in [0, 0.1) is 0 Å². The quantitative estimate of drug-likeness (QED) is 0.469. The molecule has 0 aliphatic carbocycles. The van der Waals surface area contributed by atoms with E-state index in [-0.39, 0.29) is 0 Å². The van der Waals surface area contributed by atoms with E-state index in [2.05, 4.69) is 79.7 Å². The maximum atomic E-state index is 6.88. The molecular weight excluding hydrogens is 392 g/mol. The van der Waals surface area contributed by atoms with Crippen molar-refractivity contribution in [3.63, 3.8) is 0 Å². The Balaban J connectivity index is 2.43. The number of rotatable bonds is 10. The lowest BCUT2D eigenvalue weighted by molar-refractivity contribution is 0.202. The molecule has 0 saturated heterocycles. The maximum absolute atomic E-state index is 6.88. The van der Waals surface area contributed by atoms with Crippen molar-refractivity contribution in [2.75, 3.05) is 19.8 Å². The summed E-state index contributed by atoms with van der Waals surface area (Å²) in [5.41, 5.74) is 0. The zero-order valence-corrected chi connectivity index (χ0v) is 19.5. The Hall–Kier alpha value is -2.03. The van der Waals surface area contributed by atoms with Gasteiger partial charge in [0.25, 0.3) is 0 Å². The third-order valence-electron chi connectivity index (χ3n) is 5.03. The van der Waals surface area contributed by atoms with E-state index >= 15 is 0 Å². The summed E-state index contributed by atoms with van der Waals surface area (Å²) < 4.78 is 20.4. The molecule has 0 aromatic heterocycles. The van der Waals surface area contributed by atoms with Crippen LogP contribution < -0.4 is 15.6 Å². The van der Waals surface area contributed by atoms with Crippen LogP contribution in [0.4, 0.5) is 0 Å². The molecule has 0 radical (unpaired) electrons. The lowest BCUT2D eigenvalue weighted by atomic mass is 10.4. The minimum absolute atomic E-state index is 0.572. The first kappa shape index (κ1) is 21.7. The molecule has 0 fully saturated rings. The second-order valence-electron chi connectivity index (χ2n) is 6.69. The van der Waals surface area contributed by atoms with Gasteiger partial charge in [-0.15, -0.1) is 0 Å². The predicted octanol–water partition coefficient (Wildman–Crippen LogP) is 3.28. The highest BCUT2D eigenvalue weighted by atomic mass is 29.3. The van der Waals surface area contributed by atoms with Crippen molar-refractivity contribution in [3.05, 3.63) is 91.0 Å². The van der Waals surface area contributed by atoms with Gasteiger partial charge in [0.15, 0.2) is 0 Å². The van der Waals surface area contributed by atoms with Gasteiger partial charge in [-0.3, -0.25) is 0 Å². The van der Waals surface area contributed by atoms with Gasteiger partial charge in [0.05, 0.1) is 0 Å². The summed E-state index contributed by atoms with van der Waals surface area (Å²) in [6.45, 7) is 7.90. The molecule has 3 rings (SSSR count). The summed E-state index contributed by atoms with van der Waals surface area (Å²) in [6, 6.07) is 31.6. The highest BCUT2D eigenvalue weighted by Crippen LogP contribution is 2.25. The predicted molar refractivity (Wildman–Crippen MR) is 125 cm³/mol. The van der Waals surface area contributed by atoms with Gasteiger partial charge in [0.2, 0.25) is 0 Å². The lowest BCUT2D eigenvalue weighted by Gasteiger charge is -2.45. The standard InChI is InChI=1S/C24H30O3Si2/c1-4-25-28(22-16-10-7-11-17-22,23-18-12-8-13-19-23)29(26-5-2,27-6-3)24-20-14-9-15-21-24/h7-21H,4-6H2,1-3H3. The highest BCUT2D eigenvalue weighted by Gasteiger charge is 2.65. The molecule has 0 amide bonds. The monoisotopic (exact) mass is 422 g/mol. The summed E-state index contributed by atoms with van der Waals surface area (Å²) in [5.74, 6) is 0. The van der Waals surface area contributed by atoms with Crippen LogP contribution >= 0.6 is 0 Å². The first-order chi connectivity index (χ1) is 14.2. The van der Waals surface area contributed by atoms with Gasteiger partial charge in [-0.05, 0) is 36.3 Å². The average Bonchev–Trinajstić information content (AvgIpc) is 2.79. The Bertz CT molecular complexity index is 812. The van der Waals surface area contributed by atoms with Gasteiger partial charge < -0.3 is 13.3 Å². The fraction of sp³-hybridized carbons (Fsp3) is 0.250. The Morgan fingerprint density at radius 1 is 0.483 bits per heavy atom. The molecule has 0 atom stereocenters. The molecule has 0 aliphatic rings. The van der Waals surface area contributed by atoms with E-state index in [1.165, 1.54) is 10.4 Å². The SMILES string of the molecule is CCO[Si](OCC)(c1ccccc1)[Si](OCC)(c1ccccc1)c1ccccc1. The highest BCUT2D eigenvalue weighted by molar-refractivity contribution is 7.49. The molecule has 0 bridgehead atoms. The Labute approximate surface area is 176 Å². The molecule has 0 saturated carbocycles. The second-order valence-corrected chi connectivity index (χ2v) is 16.0. The lowest BCUT2D eigenvalue weighted by Crippen LogP contribution is -2.85. The third kappa shape index (κ3) is 4.02. The zero-order valence-electron chi connectivity index (χ0n) is 17.5. The van der Waals surface area contributed by atoms with Crippen LogP contribution in [0.25, 0.3) is 0 Å². The van der Waals surface area contributed by atoms with Crippen molar-refractivity contribution in [1.29, 1.82) is 0 Å². The number of hydrogen-bond acceptors (Lipinski definition) is 3. The Kier molecular flexibility index (Phi) is 7.58. The van der Waals surface area contributed by atoms with E-state index in [0.717, 1.165) is 5.19 Å². The average molecular weight is 423 g/mol. The van der Waals surface area contributed by atoms with E-state index in [1.807, 2.05) is 32.0 Å². The molecule has 0 spiro atoms.